The number of hydrogen-bond acceptors (Lipinski definition) is 3. The zero-order chi connectivity index (χ0) is 20.5. The van der Waals surface area contributed by atoms with Gasteiger partial charge < -0.3 is 10.2 Å². The molecule has 1 N–H and O–H groups in total. The average molecular weight is 392 g/mol. The van der Waals surface area contributed by atoms with E-state index in [0.717, 1.165) is 36.2 Å². The maximum Gasteiger partial charge on any atom is 0.276 e. The molecule has 148 valence electrons. The molecule has 0 unspecified atom stereocenters. The Morgan fingerprint density at radius 3 is 2.59 bits per heavy atom. The molecule has 0 aliphatic heterocycles. The fourth-order valence-corrected chi connectivity index (χ4v) is 3.59. The van der Waals surface area contributed by atoms with Gasteiger partial charge in [-0.05, 0) is 61.7 Å². The van der Waals surface area contributed by atoms with Gasteiger partial charge in [0.2, 0.25) is 0 Å². The van der Waals surface area contributed by atoms with Crippen molar-refractivity contribution in [2.24, 2.45) is 0 Å². The Bertz CT molecular complexity index is 1090. The fraction of sp³-hybridized carbons (Fsp3) is 0.227. The van der Waals surface area contributed by atoms with E-state index in [1.807, 2.05) is 0 Å². The minimum atomic E-state index is -0.321. The lowest BCUT2D eigenvalue weighted by atomic mass is 10.1. The summed E-state index contributed by atoms with van der Waals surface area (Å²) >= 11 is 0. The number of nitrogens with one attached hydrogen (secondary N) is 1. The highest BCUT2D eigenvalue weighted by Crippen LogP contribution is 2.28. The van der Waals surface area contributed by atoms with Gasteiger partial charge >= 0.3 is 0 Å². The highest BCUT2D eigenvalue weighted by atomic mass is 19.1. The lowest BCUT2D eigenvalue weighted by Gasteiger charge is -2.11. The van der Waals surface area contributed by atoms with Gasteiger partial charge in [-0.1, -0.05) is 6.07 Å². The van der Waals surface area contributed by atoms with Crippen molar-refractivity contribution >= 4 is 17.5 Å². The molecule has 3 aromatic rings. The largest absolute Gasteiger partial charge is 0.345 e. The van der Waals surface area contributed by atoms with Crippen LogP contribution in [-0.2, 0) is 12.8 Å². The van der Waals surface area contributed by atoms with Crippen molar-refractivity contribution in [2.45, 2.75) is 19.3 Å². The minimum Gasteiger partial charge on any atom is -0.345 e. The van der Waals surface area contributed by atoms with Gasteiger partial charge in [-0.15, -0.1) is 0 Å². The van der Waals surface area contributed by atoms with Crippen molar-refractivity contribution < 1.29 is 14.0 Å². The monoisotopic (exact) mass is 392 g/mol. The predicted octanol–water partition coefficient (Wildman–Crippen LogP) is 3.45. The molecule has 6 nitrogen and oxygen atoms in total. The van der Waals surface area contributed by atoms with Crippen LogP contribution in [0.2, 0.25) is 0 Å². The lowest BCUT2D eigenvalue weighted by molar-refractivity contribution is 0.0827. The zero-order valence-electron chi connectivity index (χ0n) is 16.3. The normalized spacial score (nSPS) is 12.5. The van der Waals surface area contributed by atoms with Crippen LogP contribution in [0.1, 0.15) is 38.5 Å². The SMILES string of the molecule is CN(C)C(=O)c1cccc(NC(=O)c2nn(-c3ccc(F)cc3)c3c2CCC3)c1. The van der Waals surface area contributed by atoms with E-state index in [4.69, 9.17) is 0 Å². The zero-order valence-corrected chi connectivity index (χ0v) is 16.3. The second kappa shape index (κ2) is 7.50. The van der Waals surface area contributed by atoms with Crippen molar-refractivity contribution in [3.63, 3.8) is 0 Å². The third-order valence-corrected chi connectivity index (χ3v) is 4.99. The maximum atomic E-state index is 13.3. The smallest absolute Gasteiger partial charge is 0.276 e. The Balaban J connectivity index is 1.63. The Hall–Kier alpha value is -3.48. The Kier molecular flexibility index (Phi) is 4.88. The number of rotatable bonds is 4. The number of hydrogen-bond donors (Lipinski definition) is 1. The van der Waals surface area contributed by atoms with Crippen LogP contribution < -0.4 is 5.32 Å². The lowest BCUT2D eigenvalue weighted by Crippen LogP contribution is -2.22. The summed E-state index contributed by atoms with van der Waals surface area (Å²) in [6.45, 7) is 0. The number of aromatic nitrogens is 2. The summed E-state index contributed by atoms with van der Waals surface area (Å²) < 4.78 is 15.0. The summed E-state index contributed by atoms with van der Waals surface area (Å²) in [6, 6.07) is 12.9. The summed E-state index contributed by atoms with van der Waals surface area (Å²) in [7, 11) is 3.36. The molecule has 0 atom stereocenters. The molecule has 7 heteroatoms. The van der Waals surface area contributed by atoms with Gasteiger partial charge in [-0.3, -0.25) is 9.59 Å². The van der Waals surface area contributed by atoms with Gasteiger partial charge in [0, 0.05) is 36.6 Å². The highest BCUT2D eigenvalue weighted by Gasteiger charge is 2.27. The molecule has 1 heterocycles. The predicted molar refractivity (Wildman–Crippen MR) is 108 cm³/mol. The molecular weight excluding hydrogens is 371 g/mol. The number of amides is 2. The van der Waals surface area contributed by atoms with E-state index in [9.17, 15) is 14.0 Å². The Labute approximate surface area is 167 Å². The molecule has 1 aromatic heterocycles. The molecule has 0 saturated heterocycles. The van der Waals surface area contributed by atoms with Gasteiger partial charge in [0.05, 0.1) is 5.69 Å². The molecule has 4 rings (SSSR count). The van der Waals surface area contributed by atoms with E-state index in [1.54, 1.807) is 55.2 Å². The molecule has 2 amide bonds. The quantitative estimate of drug-likeness (QED) is 0.740. The van der Waals surface area contributed by atoms with Crippen molar-refractivity contribution in [1.29, 1.82) is 0 Å². The molecule has 1 aliphatic carbocycles. The van der Waals surface area contributed by atoms with Gasteiger partial charge in [-0.2, -0.15) is 5.10 Å². The minimum absolute atomic E-state index is 0.137. The summed E-state index contributed by atoms with van der Waals surface area (Å²) in [5.41, 5.74) is 4.03. The topological polar surface area (TPSA) is 67.2 Å². The highest BCUT2D eigenvalue weighted by molar-refractivity contribution is 6.05. The van der Waals surface area contributed by atoms with Crippen molar-refractivity contribution in [1.82, 2.24) is 14.7 Å². The summed E-state index contributed by atoms with van der Waals surface area (Å²) in [5, 5.41) is 7.37. The van der Waals surface area contributed by atoms with E-state index in [2.05, 4.69) is 10.4 Å². The number of fused-ring (bicyclic) bond motifs is 1. The van der Waals surface area contributed by atoms with Crippen LogP contribution >= 0.6 is 0 Å². The summed E-state index contributed by atoms with van der Waals surface area (Å²) in [6.07, 6.45) is 2.54. The molecule has 0 radical (unpaired) electrons. The molecule has 29 heavy (non-hydrogen) atoms. The Morgan fingerprint density at radius 2 is 1.86 bits per heavy atom. The van der Waals surface area contributed by atoms with Crippen LogP contribution in [0, 0.1) is 5.82 Å². The standard InChI is InChI=1S/C22H21FN4O2/c1-26(2)22(29)14-5-3-6-16(13-14)24-21(28)20-18-7-4-8-19(18)27(25-20)17-11-9-15(23)10-12-17/h3,5-6,9-13H,4,7-8H2,1-2H3,(H,24,28). The summed E-state index contributed by atoms with van der Waals surface area (Å²) in [4.78, 5) is 26.6. The molecule has 2 aromatic carbocycles. The number of benzene rings is 2. The number of carbonyl (C=O) groups excluding carboxylic acids is 2. The molecule has 0 saturated carbocycles. The van der Waals surface area contributed by atoms with Gasteiger partial charge in [-0.25, -0.2) is 9.07 Å². The maximum absolute atomic E-state index is 13.3. The van der Waals surface area contributed by atoms with E-state index >= 15 is 0 Å². The van der Waals surface area contributed by atoms with Gasteiger partial charge in [0.1, 0.15) is 5.82 Å². The van der Waals surface area contributed by atoms with E-state index in [1.165, 1.54) is 17.0 Å². The van der Waals surface area contributed by atoms with Gasteiger partial charge in [0.25, 0.3) is 11.8 Å². The van der Waals surface area contributed by atoms with Crippen molar-refractivity contribution in [3.8, 4) is 5.69 Å². The first-order valence-corrected chi connectivity index (χ1v) is 9.44. The first-order chi connectivity index (χ1) is 13.9. The molecule has 0 bridgehead atoms. The van der Waals surface area contributed by atoms with Crippen LogP contribution in [0.3, 0.4) is 0 Å². The molecule has 0 fully saturated rings. The van der Waals surface area contributed by atoms with Crippen LogP contribution in [0.4, 0.5) is 10.1 Å². The van der Waals surface area contributed by atoms with Crippen molar-refractivity contribution in [2.75, 3.05) is 19.4 Å². The number of carbonyl (C=O) groups is 2. The first kappa shape index (κ1) is 18.9. The van der Waals surface area contributed by atoms with Crippen LogP contribution in [0.15, 0.2) is 48.5 Å². The van der Waals surface area contributed by atoms with Crippen molar-refractivity contribution in [3.05, 3.63) is 76.9 Å². The fourth-order valence-electron chi connectivity index (χ4n) is 3.59. The Morgan fingerprint density at radius 1 is 1.10 bits per heavy atom. The van der Waals surface area contributed by atoms with E-state index in [0.29, 0.717) is 16.9 Å². The third-order valence-electron chi connectivity index (χ3n) is 4.99. The van der Waals surface area contributed by atoms with Gasteiger partial charge in [0.15, 0.2) is 5.69 Å². The second-order valence-electron chi connectivity index (χ2n) is 7.25. The molecular formula is C22H21FN4O2. The number of nitrogens with zero attached hydrogens (tertiary/aromatic N) is 3. The van der Waals surface area contributed by atoms with Crippen LogP contribution in [0.25, 0.3) is 5.69 Å². The first-order valence-electron chi connectivity index (χ1n) is 9.44. The van der Waals surface area contributed by atoms with Crippen LogP contribution in [-0.4, -0.2) is 40.6 Å². The van der Waals surface area contributed by atoms with Crippen LogP contribution in [0.5, 0.6) is 0 Å². The average Bonchev–Trinajstić information content (AvgIpc) is 3.31. The molecule has 0 spiro atoms. The molecule has 1 aliphatic rings. The second-order valence-corrected chi connectivity index (χ2v) is 7.25. The van der Waals surface area contributed by atoms with E-state index in [-0.39, 0.29) is 17.6 Å². The van der Waals surface area contributed by atoms with E-state index < -0.39 is 0 Å². The number of anilines is 1. The summed E-state index contributed by atoms with van der Waals surface area (Å²) in [5.74, 6) is -0.774. The third kappa shape index (κ3) is 3.63. The number of halogens is 1.